The first-order valence-electron chi connectivity index (χ1n) is 8.92. The van der Waals surface area contributed by atoms with Gasteiger partial charge in [-0.3, -0.25) is 4.79 Å². The largest absolute Gasteiger partial charge is 0.489 e. The minimum atomic E-state index is -0.0768. The monoisotopic (exact) mass is 345 g/mol. The number of hydrogen-bond acceptors (Lipinski definition) is 2. The van der Waals surface area contributed by atoms with E-state index in [-0.39, 0.29) is 5.91 Å². The van der Waals surface area contributed by atoms with E-state index in [2.05, 4.69) is 12.2 Å². The normalized spacial score (nSPS) is 10.3. The molecule has 0 radical (unpaired) electrons. The summed E-state index contributed by atoms with van der Waals surface area (Å²) in [4.78, 5) is 12.6. The highest BCUT2D eigenvalue weighted by Crippen LogP contribution is 2.19. The van der Waals surface area contributed by atoms with Gasteiger partial charge >= 0.3 is 0 Å². The van der Waals surface area contributed by atoms with Crippen LogP contribution in [0.4, 0.5) is 5.69 Å². The Morgan fingerprint density at radius 2 is 1.58 bits per heavy atom. The smallest absolute Gasteiger partial charge is 0.255 e. The molecule has 3 rings (SSSR count). The molecule has 0 heterocycles. The van der Waals surface area contributed by atoms with Crippen LogP contribution in [0.5, 0.6) is 5.75 Å². The molecule has 0 fully saturated rings. The molecule has 0 saturated carbocycles. The van der Waals surface area contributed by atoms with Crippen molar-refractivity contribution >= 4 is 11.6 Å². The summed E-state index contributed by atoms with van der Waals surface area (Å²) in [6.45, 7) is 2.64. The molecule has 1 amide bonds. The molecule has 1 N–H and O–H groups in total. The predicted molar refractivity (Wildman–Crippen MR) is 106 cm³/mol. The number of hydrogen-bond donors (Lipinski definition) is 1. The first-order valence-corrected chi connectivity index (χ1v) is 8.92. The van der Waals surface area contributed by atoms with Crippen molar-refractivity contribution in [1.82, 2.24) is 0 Å². The van der Waals surface area contributed by atoms with Gasteiger partial charge < -0.3 is 10.1 Å². The van der Waals surface area contributed by atoms with Gasteiger partial charge in [-0.15, -0.1) is 0 Å². The van der Waals surface area contributed by atoms with Crippen molar-refractivity contribution in [3.63, 3.8) is 0 Å². The van der Waals surface area contributed by atoms with E-state index in [1.165, 1.54) is 0 Å². The van der Waals surface area contributed by atoms with Gasteiger partial charge in [-0.2, -0.15) is 0 Å². The van der Waals surface area contributed by atoms with Crippen LogP contribution in [0.25, 0.3) is 0 Å². The van der Waals surface area contributed by atoms with Crippen LogP contribution in [0.2, 0.25) is 0 Å². The fourth-order valence-corrected chi connectivity index (χ4v) is 2.80. The van der Waals surface area contributed by atoms with Crippen molar-refractivity contribution in [1.29, 1.82) is 0 Å². The van der Waals surface area contributed by atoms with Crippen LogP contribution >= 0.6 is 0 Å². The zero-order valence-corrected chi connectivity index (χ0v) is 14.9. The maximum Gasteiger partial charge on any atom is 0.255 e. The van der Waals surface area contributed by atoms with E-state index in [4.69, 9.17) is 4.74 Å². The second-order valence-electron chi connectivity index (χ2n) is 6.16. The minimum Gasteiger partial charge on any atom is -0.489 e. The third-order valence-corrected chi connectivity index (χ3v) is 4.14. The van der Waals surface area contributed by atoms with Gasteiger partial charge in [0.1, 0.15) is 12.4 Å². The van der Waals surface area contributed by atoms with E-state index in [0.717, 1.165) is 41.0 Å². The van der Waals surface area contributed by atoms with Crippen LogP contribution in [0.3, 0.4) is 0 Å². The van der Waals surface area contributed by atoms with Crippen LogP contribution in [-0.4, -0.2) is 5.91 Å². The van der Waals surface area contributed by atoms with Gasteiger partial charge in [-0.05, 0) is 47.9 Å². The highest BCUT2D eigenvalue weighted by molar-refractivity contribution is 6.05. The summed E-state index contributed by atoms with van der Waals surface area (Å²) in [5, 5.41) is 2.96. The summed E-state index contributed by atoms with van der Waals surface area (Å²) in [5.74, 6) is 0.699. The molecule has 0 aliphatic carbocycles. The quantitative estimate of drug-likeness (QED) is 0.616. The van der Waals surface area contributed by atoms with Crippen molar-refractivity contribution in [2.45, 2.75) is 26.4 Å². The van der Waals surface area contributed by atoms with E-state index in [0.29, 0.717) is 6.61 Å². The van der Waals surface area contributed by atoms with Crippen molar-refractivity contribution in [3.8, 4) is 5.75 Å². The van der Waals surface area contributed by atoms with E-state index >= 15 is 0 Å². The van der Waals surface area contributed by atoms with Crippen LogP contribution in [0.15, 0.2) is 78.9 Å². The molecule has 3 heteroatoms. The van der Waals surface area contributed by atoms with Crippen molar-refractivity contribution in [2.75, 3.05) is 5.32 Å². The molecular formula is C23H23NO2. The molecule has 0 bridgehead atoms. The number of anilines is 1. The van der Waals surface area contributed by atoms with Crippen molar-refractivity contribution in [2.24, 2.45) is 0 Å². The number of ether oxygens (including phenoxy) is 1. The first-order chi connectivity index (χ1) is 12.8. The molecule has 3 nitrogen and oxygen atoms in total. The summed E-state index contributed by atoms with van der Waals surface area (Å²) >= 11 is 0. The van der Waals surface area contributed by atoms with E-state index in [1.54, 1.807) is 0 Å². The molecule has 0 aliphatic heterocycles. The number of benzene rings is 3. The van der Waals surface area contributed by atoms with E-state index < -0.39 is 0 Å². The Hall–Kier alpha value is -3.07. The van der Waals surface area contributed by atoms with E-state index in [1.807, 2.05) is 78.9 Å². The van der Waals surface area contributed by atoms with Crippen LogP contribution in [-0.2, 0) is 13.0 Å². The topological polar surface area (TPSA) is 38.3 Å². The number of amides is 1. The third kappa shape index (κ3) is 4.73. The number of nitrogens with one attached hydrogen (secondary N) is 1. The fraction of sp³-hybridized carbons (Fsp3) is 0.174. The summed E-state index contributed by atoms with van der Waals surface area (Å²) in [5.41, 5.74) is 3.69. The molecule has 0 atom stereocenters. The second kappa shape index (κ2) is 8.86. The summed E-state index contributed by atoms with van der Waals surface area (Å²) in [6.07, 6.45) is 1.91. The molecule has 0 aromatic heterocycles. The van der Waals surface area contributed by atoms with Gasteiger partial charge in [0.15, 0.2) is 0 Å². The molecule has 3 aromatic carbocycles. The predicted octanol–water partition coefficient (Wildman–Crippen LogP) is 5.47. The Kier molecular flexibility index (Phi) is 6.05. The number of aryl methyl sites for hydroxylation is 1. The highest BCUT2D eigenvalue weighted by Gasteiger charge is 2.10. The maximum absolute atomic E-state index is 12.6. The zero-order valence-electron chi connectivity index (χ0n) is 14.9. The lowest BCUT2D eigenvalue weighted by Crippen LogP contribution is -2.14. The molecule has 0 aliphatic rings. The Morgan fingerprint density at radius 3 is 2.31 bits per heavy atom. The van der Waals surface area contributed by atoms with Crippen molar-refractivity contribution < 1.29 is 9.53 Å². The first kappa shape index (κ1) is 17.7. The average Bonchev–Trinajstić information content (AvgIpc) is 2.69. The van der Waals surface area contributed by atoms with Gasteiger partial charge in [0, 0.05) is 11.3 Å². The lowest BCUT2D eigenvalue weighted by atomic mass is 10.0. The molecule has 0 spiro atoms. The van der Waals surface area contributed by atoms with Gasteiger partial charge in [0.25, 0.3) is 5.91 Å². The lowest BCUT2D eigenvalue weighted by molar-refractivity contribution is 0.102. The molecular weight excluding hydrogens is 322 g/mol. The lowest BCUT2D eigenvalue weighted by Gasteiger charge is -2.11. The number of rotatable bonds is 7. The summed E-state index contributed by atoms with van der Waals surface area (Å²) in [7, 11) is 0. The second-order valence-corrected chi connectivity index (χ2v) is 6.16. The maximum atomic E-state index is 12.6. The highest BCUT2D eigenvalue weighted by atomic mass is 16.5. The Balaban J connectivity index is 1.61. The summed E-state index contributed by atoms with van der Waals surface area (Å²) < 4.78 is 5.78. The number of carbonyl (C=O) groups excluding carboxylic acids is 1. The van der Waals surface area contributed by atoms with E-state index in [9.17, 15) is 4.79 Å². The van der Waals surface area contributed by atoms with Gasteiger partial charge in [0.2, 0.25) is 0 Å². The molecule has 26 heavy (non-hydrogen) atoms. The Morgan fingerprint density at radius 1 is 0.885 bits per heavy atom. The Bertz CT molecular complexity index is 842. The summed E-state index contributed by atoms with van der Waals surface area (Å²) in [6, 6.07) is 25.3. The minimum absolute atomic E-state index is 0.0768. The average molecular weight is 345 g/mol. The van der Waals surface area contributed by atoms with Crippen molar-refractivity contribution in [3.05, 3.63) is 95.6 Å². The van der Waals surface area contributed by atoms with Gasteiger partial charge in [-0.25, -0.2) is 0 Å². The molecule has 132 valence electrons. The molecule has 0 unspecified atom stereocenters. The van der Waals surface area contributed by atoms with Gasteiger partial charge in [-0.1, -0.05) is 61.9 Å². The Labute approximate surface area is 154 Å². The van der Waals surface area contributed by atoms with Gasteiger partial charge in [0.05, 0.1) is 0 Å². The molecule has 3 aromatic rings. The number of carbonyl (C=O) groups is 1. The van der Waals surface area contributed by atoms with Crippen LogP contribution in [0.1, 0.15) is 34.8 Å². The fourth-order valence-electron chi connectivity index (χ4n) is 2.80. The molecule has 0 saturated heterocycles. The van der Waals surface area contributed by atoms with Crippen LogP contribution < -0.4 is 10.1 Å². The van der Waals surface area contributed by atoms with Crippen LogP contribution in [0, 0.1) is 0 Å². The third-order valence-electron chi connectivity index (χ3n) is 4.14. The zero-order chi connectivity index (χ0) is 18.2. The standard InChI is InChI=1S/C23H23NO2/c1-2-8-19-11-6-7-12-22(19)23(25)24-20-13-15-21(16-14-20)26-17-18-9-4-3-5-10-18/h3-7,9-16H,2,8,17H2,1H3,(H,24,25). The SMILES string of the molecule is CCCc1ccccc1C(=O)Nc1ccc(OCc2ccccc2)cc1.